The van der Waals surface area contributed by atoms with Crippen molar-refractivity contribution in [1.82, 2.24) is 5.32 Å². The van der Waals surface area contributed by atoms with E-state index in [0.29, 0.717) is 18.2 Å². The third-order valence-electron chi connectivity index (χ3n) is 3.01. The molecule has 0 saturated heterocycles. The third kappa shape index (κ3) is 5.16. The highest BCUT2D eigenvalue weighted by molar-refractivity contribution is 7.98. The van der Waals surface area contributed by atoms with Crippen LogP contribution in [0.25, 0.3) is 0 Å². The number of benzene rings is 1. The van der Waals surface area contributed by atoms with E-state index >= 15 is 0 Å². The molecular weight excluding hydrogens is 292 g/mol. The van der Waals surface area contributed by atoms with Crippen LogP contribution in [0, 0.1) is 11.3 Å². The van der Waals surface area contributed by atoms with Gasteiger partial charge >= 0.3 is 0 Å². The monoisotopic (exact) mass is 312 g/mol. The van der Waals surface area contributed by atoms with E-state index < -0.39 is 9.84 Å². The van der Waals surface area contributed by atoms with E-state index in [1.807, 2.05) is 12.3 Å². The Hall–Kier alpha value is -1.03. The number of nitrogens with one attached hydrogen (secondary N) is 1. The molecule has 20 heavy (non-hydrogen) atoms. The molecule has 0 radical (unpaired) electrons. The standard InChI is InChI=1S/C14H20N2O2S2/c1-3-13(11-19-2)16-8-9-20(17,18)14-6-4-12(10-15)5-7-14/h4-7,13,16H,3,8-9,11H2,1-2H3. The maximum absolute atomic E-state index is 12.1. The van der Waals surface area contributed by atoms with Crippen molar-refractivity contribution < 1.29 is 8.42 Å². The number of nitriles is 1. The fraction of sp³-hybridized carbons (Fsp3) is 0.500. The summed E-state index contributed by atoms with van der Waals surface area (Å²) in [5, 5.41) is 12.0. The first-order valence-electron chi connectivity index (χ1n) is 6.48. The SMILES string of the molecule is CCC(CSC)NCCS(=O)(=O)c1ccc(C#N)cc1. The summed E-state index contributed by atoms with van der Waals surface area (Å²) in [5.74, 6) is 1.05. The Labute approximate surface area is 125 Å². The van der Waals surface area contributed by atoms with E-state index in [4.69, 9.17) is 5.26 Å². The van der Waals surface area contributed by atoms with Crippen molar-refractivity contribution in [2.24, 2.45) is 0 Å². The predicted molar refractivity (Wildman–Crippen MR) is 83.7 cm³/mol. The predicted octanol–water partition coefficient (Wildman–Crippen LogP) is 2.06. The van der Waals surface area contributed by atoms with Gasteiger partial charge in [0.25, 0.3) is 0 Å². The van der Waals surface area contributed by atoms with E-state index in [9.17, 15) is 8.42 Å². The second kappa shape index (κ2) is 8.30. The van der Waals surface area contributed by atoms with Gasteiger partial charge in [-0.25, -0.2) is 8.42 Å². The molecule has 1 unspecified atom stereocenters. The van der Waals surface area contributed by atoms with Gasteiger partial charge in [-0.1, -0.05) is 6.92 Å². The Morgan fingerprint density at radius 3 is 2.50 bits per heavy atom. The van der Waals surface area contributed by atoms with Gasteiger partial charge in [0.05, 0.1) is 22.3 Å². The molecule has 1 atom stereocenters. The second-order valence-electron chi connectivity index (χ2n) is 4.47. The van der Waals surface area contributed by atoms with Crippen LogP contribution in [0.4, 0.5) is 0 Å². The molecule has 0 spiro atoms. The lowest BCUT2D eigenvalue weighted by molar-refractivity contribution is 0.550. The van der Waals surface area contributed by atoms with Gasteiger partial charge in [0.1, 0.15) is 0 Å². The Kier molecular flexibility index (Phi) is 7.06. The molecule has 1 aromatic rings. The van der Waals surface area contributed by atoms with Crippen LogP contribution < -0.4 is 5.32 Å². The van der Waals surface area contributed by atoms with Gasteiger partial charge in [-0.15, -0.1) is 0 Å². The molecule has 0 aliphatic carbocycles. The smallest absolute Gasteiger partial charge is 0.179 e. The van der Waals surface area contributed by atoms with Crippen LogP contribution in [0.2, 0.25) is 0 Å². The number of nitrogens with zero attached hydrogens (tertiary/aromatic N) is 1. The van der Waals surface area contributed by atoms with Gasteiger partial charge in [-0.05, 0) is 36.9 Å². The summed E-state index contributed by atoms with van der Waals surface area (Å²) in [6.07, 6.45) is 3.02. The summed E-state index contributed by atoms with van der Waals surface area (Å²) in [6.45, 7) is 2.53. The molecule has 6 heteroatoms. The normalized spacial score (nSPS) is 12.8. The summed E-state index contributed by atoms with van der Waals surface area (Å²) in [7, 11) is -3.28. The number of rotatable bonds is 8. The largest absolute Gasteiger partial charge is 0.312 e. The van der Waals surface area contributed by atoms with Crippen molar-refractivity contribution in [3.8, 4) is 6.07 Å². The quantitative estimate of drug-likeness (QED) is 0.795. The third-order valence-corrected chi connectivity index (χ3v) is 5.47. The fourth-order valence-corrected chi connectivity index (χ4v) is 3.70. The first kappa shape index (κ1) is 17.0. The Morgan fingerprint density at radius 1 is 1.35 bits per heavy atom. The molecule has 4 nitrogen and oxygen atoms in total. The zero-order valence-electron chi connectivity index (χ0n) is 11.8. The molecule has 1 rings (SSSR count). The van der Waals surface area contributed by atoms with E-state index in [-0.39, 0.29) is 10.6 Å². The lowest BCUT2D eigenvalue weighted by atomic mass is 10.2. The van der Waals surface area contributed by atoms with E-state index in [1.54, 1.807) is 11.8 Å². The molecule has 1 aromatic carbocycles. The average Bonchev–Trinajstić information content (AvgIpc) is 2.46. The minimum Gasteiger partial charge on any atom is -0.312 e. The highest BCUT2D eigenvalue weighted by Crippen LogP contribution is 2.12. The molecule has 1 N–H and O–H groups in total. The topological polar surface area (TPSA) is 70.0 Å². The minimum absolute atomic E-state index is 0.0732. The average molecular weight is 312 g/mol. The molecule has 0 fully saturated rings. The maximum atomic E-state index is 12.1. The zero-order valence-corrected chi connectivity index (χ0v) is 13.4. The molecule has 0 aliphatic heterocycles. The van der Waals surface area contributed by atoms with Crippen LogP contribution in [0.15, 0.2) is 29.2 Å². The lowest BCUT2D eigenvalue weighted by Gasteiger charge is -2.15. The van der Waals surface area contributed by atoms with Gasteiger partial charge in [0, 0.05) is 18.3 Å². The van der Waals surface area contributed by atoms with Crippen LogP contribution in [0.3, 0.4) is 0 Å². The van der Waals surface area contributed by atoms with Crippen LogP contribution in [-0.2, 0) is 9.84 Å². The van der Waals surface area contributed by atoms with Gasteiger partial charge < -0.3 is 5.32 Å². The molecule has 0 bridgehead atoms. The van der Waals surface area contributed by atoms with Crippen LogP contribution in [-0.4, -0.2) is 38.8 Å². The van der Waals surface area contributed by atoms with Gasteiger partial charge in [0.2, 0.25) is 0 Å². The molecule has 110 valence electrons. The number of hydrogen-bond acceptors (Lipinski definition) is 5. The number of thioether (sulfide) groups is 1. The Morgan fingerprint density at radius 2 is 2.00 bits per heavy atom. The van der Waals surface area contributed by atoms with Crippen molar-refractivity contribution in [1.29, 1.82) is 5.26 Å². The summed E-state index contributed by atoms with van der Waals surface area (Å²) >= 11 is 1.75. The number of hydrogen-bond donors (Lipinski definition) is 1. The van der Waals surface area contributed by atoms with E-state index in [2.05, 4.69) is 12.2 Å². The lowest BCUT2D eigenvalue weighted by Crippen LogP contribution is -2.34. The summed E-state index contributed by atoms with van der Waals surface area (Å²) < 4.78 is 24.3. The van der Waals surface area contributed by atoms with Crippen molar-refractivity contribution in [3.63, 3.8) is 0 Å². The molecular formula is C14H20N2O2S2. The van der Waals surface area contributed by atoms with Gasteiger partial charge in [-0.2, -0.15) is 17.0 Å². The van der Waals surface area contributed by atoms with Crippen molar-refractivity contribution >= 4 is 21.6 Å². The molecule has 0 aromatic heterocycles. The summed E-state index contributed by atoms with van der Waals surface area (Å²) in [5.41, 5.74) is 0.466. The van der Waals surface area contributed by atoms with Crippen LogP contribution in [0.1, 0.15) is 18.9 Å². The molecule has 0 heterocycles. The van der Waals surface area contributed by atoms with E-state index in [0.717, 1.165) is 12.2 Å². The van der Waals surface area contributed by atoms with Crippen molar-refractivity contribution in [2.45, 2.75) is 24.3 Å². The Balaban J connectivity index is 2.59. The Bertz CT molecular complexity index is 548. The highest BCUT2D eigenvalue weighted by Gasteiger charge is 2.15. The van der Waals surface area contributed by atoms with Crippen LogP contribution in [0.5, 0.6) is 0 Å². The summed E-state index contributed by atoms with van der Waals surface area (Å²) in [4.78, 5) is 0.274. The first-order chi connectivity index (χ1) is 9.53. The molecule has 0 amide bonds. The van der Waals surface area contributed by atoms with E-state index in [1.165, 1.54) is 24.3 Å². The second-order valence-corrected chi connectivity index (χ2v) is 7.49. The minimum atomic E-state index is -3.28. The van der Waals surface area contributed by atoms with Crippen LogP contribution >= 0.6 is 11.8 Å². The number of sulfone groups is 1. The molecule has 0 saturated carbocycles. The maximum Gasteiger partial charge on any atom is 0.179 e. The first-order valence-corrected chi connectivity index (χ1v) is 9.53. The zero-order chi connectivity index (χ0) is 15.0. The fourth-order valence-electron chi connectivity index (χ4n) is 1.77. The summed E-state index contributed by atoms with van der Waals surface area (Å²) in [6, 6.07) is 8.37. The highest BCUT2D eigenvalue weighted by atomic mass is 32.2. The van der Waals surface area contributed by atoms with Crippen molar-refractivity contribution in [3.05, 3.63) is 29.8 Å². The van der Waals surface area contributed by atoms with Crippen molar-refractivity contribution in [2.75, 3.05) is 24.3 Å². The van der Waals surface area contributed by atoms with Gasteiger partial charge in [-0.3, -0.25) is 0 Å². The molecule has 0 aliphatic rings. The van der Waals surface area contributed by atoms with Gasteiger partial charge in [0.15, 0.2) is 9.84 Å².